The normalized spacial score (nSPS) is 11.8. The number of hydrogen-bond donors (Lipinski definition) is 1. The van der Waals surface area contributed by atoms with E-state index in [9.17, 15) is 13.2 Å². The second-order valence-electron chi connectivity index (χ2n) is 5.20. The quantitative estimate of drug-likeness (QED) is 0.923. The maximum atomic E-state index is 11.9. The first-order valence-corrected chi connectivity index (χ1v) is 7.81. The average Bonchev–Trinajstić information content (AvgIpc) is 2.25. The zero-order valence-corrected chi connectivity index (χ0v) is 13.0. The molecule has 0 aliphatic rings. The third-order valence-corrected chi connectivity index (χ3v) is 4.22. The molecule has 0 atom stereocenters. The van der Waals surface area contributed by atoms with Crippen LogP contribution in [-0.4, -0.2) is 20.1 Å². The third kappa shape index (κ3) is 4.83. The van der Waals surface area contributed by atoms with Gasteiger partial charge in [0, 0.05) is 10.6 Å². The molecule has 0 spiro atoms. The van der Waals surface area contributed by atoms with Gasteiger partial charge in [-0.3, -0.25) is 4.79 Å². The van der Waals surface area contributed by atoms with E-state index >= 15 is 0 Å². The highest BCUT2D eigenvalue weighted by Crippen LogP contribution is 2.17. The summed E-state index contributed by atoms with van der Waals surface area (Å²) in [5.41, 5.74) is -0.165. The Morgan fingerprint density at radius 1 is 1.40 bits per heavy atom. The summed E-state index contributed by atoms with van der Waals surface area (Å²) in [5.74, 6) is -1.22. The van der Waals surface area contributed by atoms with Crippen molar-refractivity contribution in [2.24, 2.45) is 5.41 Å². The number of benzene rings is 1. The lowest BCUT2D eigenvalue weighted by Crippen LogP contribution is -2.37. The smallest absolute Gasteiger partial charge is 0.264 e. The molecule has 0 unspecified atom stereocenters. The molecule has 0 radical (unpaired) electrons. The van der Waals surface area contributed by atoms with Gasteiger partial charge in [0.05, 0.1) is 17.2 Å². The van der Waals surface area contributed by atoms with Crippen LogP contribution < -0.4 is 4.72 Å². The molecule has 0 saturated carbocycles. The molecule has 0 fully saturated rings. The van der Waals surface area contributed by atoms with Gasteiger partial charge in [0.1, 0.15) is 0 Å². The average molecular weight is 315 g/mol. The second-order valence-corrected chi connectivity index (χ2v) is 7.36. The number of nitrogens with zero attached hydrogens (tertiary/aromatic N) is 1. The highest BCUT2D eigenvalue weighted by atomic mass is 35.5. The number of nitrogens with one attached hydrogen (secondary N) is 1. The van der Waals surface area contributed by atoms with E-state index < -0.39 is 27.1 Å². The van der Waals surface area contributed by atoms with Crippen molar-refractivity contribution in [2.75, 3.05) is 5.75 Å². The van der Waals surface area contributed by atoms with Crippen LogP contribution in [0, 0.1) is 23.7 Å². The number of amides is 1. The largest absolute Gasteiger partial charge is 0.268 e. The number of hydrogen-bond acceptors (Lipinski definition) is 4. The number of carbonyl (C=O) groups is 1. The standard InChI is InChI=1S/C13H15ClN2O3S/c1-9-4-10(6-11(14)5-9)12(17)16-20(18,19)8-13(2,3)7-15/h4-6H,8H2,1-3H3,(H,16,17). The molecule has 1 aromatic carbocycles. The van der Waals surface area contributed by atoms with Crippen LogP contribution in [0.2, 0.25) is 5.02 Å². The van der Waals surface area contributed by atoms with Gasteiger partial charge in [-0.1, -0.05) is 11.6 Å². The summed E-state index contributed by atoms with van der Waals surface area (Å²) in [6, 6.07) is 6.45. The highest BCUT2D eigenvalue weighted by molar-refractivity contribution is 7.90. The molecule has 0 aromatic heterocycles. The van der Waals surface area contributed by atoms with Crippen LogP contribution >= 0.6 is 11.6 Å². The van der Waals surface area contributed by atoms with E-state index in [1.807, 2.05) is 10.8 Å². The van der Waals surface area contributed by atoms with E-state index in [1.54, 1.807) is 13.0 Å². The molecule has 20 heavy (non-hydrogen) atoms. The maximum absolute atomic E-state index is 11.9. The predicted molar refractivity (Wildman–Crippen MR) is 76.8 cm³/mol. The van der Waals surface area contributed by atoms with Crippen LogP contribution in [0.3, 0.4) is 0 Å². The Kier molecular flexibility index (Phi) is 4.79. The Hall–Kier alpha value is -1.58. The van der Waals surface area contributed by atoms with Crippen LogP contribution in [0.25, 0.3) is 0 Å². The topological polar surface area (TPSA) is 87.0 Å². The molecule has 1 rings (SSSR count). The Morgan fingerprint density at radius 2 is 2.00 bits per heavy atom. The summed E-state index contributed by atoms with van der Waals surface area (Å²) in [5, 5.41) is 9.19. The predicted octanol–water partition coefficient (Wildman–Crippen LogP) is 2.26. The molecule has 0 heterocycles. The fourth-order valence-electron chi connectivity index (χ4n) is 1.61. The lowest BCUT2D eigenvalue weighted by Gasteiger charge is -2.15. The number of aryl methyl sites for hydroxylation is 1. The Balaban J connectivity index is 2.93. The van der Waals surface area contributed by atoms with Gasteiger partial charge in [-0.25, -0.2) is 13.1 Å². The first-order valence-electron chi connectivity index (χ1n) is 5.78. The number of halogens is 1. The van der Waals surface area contributed by atoms with E-state index in [0.29, 0.717) is 5.02 Å². The van der Waals surface area contributed by atoms with Gasteiger partial charge in [-0.2, -0.15) is 5.26 Å². The second kappa shape index (κ2) is 5.81. The van der Waals surface area contributed by atoms with Crippen molar-refractivity contribution in [3.05, 3.63) is 34.3 Å². The summed E-state index contributed by atoms with van der Waals surface area (Å²) in [4.78, 5) is 11.9. The zero-order chi connectivity index (χ0) is 15.6. The fourth-order valence-corrected chi connectivity index (χ4v) is 3.39. The van der Waals surface area contributed by atoms with Crippen molar-refractivity contribution < 1.29 is 13.2 Å². The van der Waals surface area contributed by atoms with Gasteiger partial charge in [0.15, 0.2) is 0 Å². The number of rotatable bonds is 4. The van der Waals surface area contributed by atoms with E-state index in [0.717, 1.165) is 5.56 Å². The van der Waals surface area contributed by atoms with E-state index in [1.165, 1.54) is 26.0 Å². The minimum Gasteiger partial charge on any atom is -0.268 e. The number of sulfonamides is 1. The third-order valence-electron chi connectivity index (χ3n) is 2.41. The molecule has 0 saturated heterocycles. The van der Waals surface area contributed by atoms with Crippen LogP contribution in [0.1, 0.15) is 29.8 Å². The van der Waals surface area contributed by atoms with Crippen LogP contribution in [-0.2, 0) is 10.0 Å². The van der Waals surface area contributed by atoms with Crippen molar-refractivity contribution >= 4 is 27.5 Å². The van der Waals surface area contributed by atoms with Gasteiger partial charge in [-0.15, -0.1) is 0 Å². The van der Waals surface area contributed by atoms with Crippen molar-refractivity contribution in [3.63, 3.8) is 0 Å². The molecule has 1 N–H and O–H groups in total. The molecule has 5 nitrogen and oxygen atoms in total. The number of nitriles is 1. The summed E-state index contributed by atoms with van der Waals surface area (Å²) < 4.78 is 25.6. The lowest BCUT2D eigenvalue weighted by molar-refractivity contribution is 0.0981. The monoisotopic (exact) mass is 314 g/mol. The molecule has 0 bridgehead atoms. The van der Waals surface area contributed by atoms with Gasteiger partial charge < -0.3 is 0 Å². The summed E-state index contributed by atoms with van der Waals surface area (Å²) in [6.07, 6.45) is 0. The van der Waals surface area contributed by atoms with Crippen molar-refractivity contribution in [1.82, 2.24) is 4.72 Å². The van der Waals surface area contributed by atoms with Gasteiger partial charge in [0.25, 0.3) is 5.91 Å². The van der Waals surface area contributed by atoms with Crippen molar-refractivity contribution in [3.8, 4) is 6.07 Å². The Bertz CT molecular complexity index is 655. The SMILES string of the molecule is Cc1cc(Cl)cc(C(=O)NS(=O)(=O)CC(C)(C)C#N)c1. The fraction of sp³-hybridized carbons (Fsp3) is 0.385. The molecule has 1 amide bonds. The van der Waals surface area contributed by atoms with Crippen molar-refractivity contribution in [2.45, 2.75) is 20.8 Å². The summed E-state index contributed by atoms with van der Waals surface area (Å²) in [7, 11) is -3.89. The highest BCUT2D eigenvalue weighted by Gasteiger charge is 2.27. The minimum atomic E-state index is -3.89. The van der Waals surface area contributed by atoms with Crippen LogP contribution in [0.5, 0.6) is 0 Å². The van der Waals surface area contributed by atoms with E-state index in [2.05, 4.69) is 0 Å². The maximum Gasteiger partial charge on any atom is 0.264 e. The summed E-state index contributed by atoms with van der Waals surface area (Å²) in [6.45, 7) is 4.72. The van der Waals surface area contributed by atoms with Gasteiger partial charge in [-0.05, 0) is 44.5 Å². The molecule has 0 aliphatic carbocycles. The molecule has 1 aromatic rings. The number of carbonyl (C=O) groups excluding carboxylic acids is 1. The van der Waals surface area contributed by atoms with Crippen LogP contribution in [0.4, 0.5) is 0 Å². The molecule has 108 valence electrons. The zero-order valence-electron chi connectivity index (χ0n) is 11.4. The molecular formula is C13H15ClN2O3S. The minimum absolute atomic E-state index is 0.160. The van der Waals surface area contributed by atoms with Gasteiger partial charge in [0.2, 0.25) is 10.0 Å². The molecular weight excluding hydrogens is 300 g/mol. The van der Waals surface area contributed by atoms with Crippen LogP contribution in [0.15, 0.2) is 18.2 Å². The van der Waals surface area contributed by atoms with Crippen molar-refractivity contribution in [1.29, 1.82) is 5.26 Å². The molecule has 7 heteroatoms. The van der Waals surface area contributed by atoms with E-state index in [4.69, 9.17) is 16.9 Å². The summed E-state index contributed by atoms with van der Waals surface area (Å²) >= 11 is 5.82. The van der Waals surface area contributed by atoms with E-state index in [-0.39, 0.29) is 5.56 Å². The Labute approximate surface area is 123 Å². The van der Waals surface area contributed by atoms with Gasteiger partial charge >= 0.3 is 0 Å². The first kappa shape index (κ1) is 16.5. The lowest BCUT2D eigenvalue weighted by atomic mass is 10.00. The molecule has 0 aliphatic heterocycles. The first-order chi connectivity index (χ1) is 9.04. The Morgan fingerprint density at radius 3 is 2.50 bits per heavy atom.